The van der Waals surface area contributed by atoms with Crippen molar-refractivity contribution in [1.82, 2.24) is 0 Å². The molecule has 3 aliphatic rings. The van der Waals surface area contributed by atoms with E-state index in [0.29, 0.717) is 31.3 Å². The molecule has 208 valence electrons. The highest BCUT2D eigenvalue weighted by atomic mass is 16.6. The van der Waals surface area contributed by atoms with E-state index in [0.717, 1.165) is 5.57 Å². The van der Waals surface area contributed by atoms with Crippen molar-refractivity contribution in [2.24, 2.45) is 22.7 Å². The molecule has 1 aliphatic heterocycles. The summed E-state index contributed by atoms with van der Waals surface area (Å²) in [5.41, 5.74) is 0.328. The van der Waals surface area contributed by atoms with E-state index in [1.807, 2.05) is 13.0 Å². The number of fused-ring (bicyclic) bond motifs is 1. The van der Waals surface area contributed by atoms with Crippen LogP contribution in [-0.4, -0.2) is 59.4 Å². The molecule has 0 aromatic heterocycles. The van der Waals surface area contributed by atoms with Gasteiger partial charge < -0.3 is 24.4 Å². The highest BCUT2D eigenvalue weighted by molar-refractivity contribution is 5.93. The van der Waals surface area contributed by atoms with E-state index >= 15 is 0 Å². The predicted octanol–water partition coefficient (Wildman–Crippen LogP) is 3.60. The van der Waals surface area contributed by atoms with Gasteiger partial charge in [-0.15, -0.1) is 0 Å². The smallest absolute Gasteiger partial charge is 0.338 e. The number of esters is 3. The van der Waals surface area contributed by atoms with Crippen molar-refractivity contribution in [1.29, 1.82) is 0 Å². The molecule has 38 heavy (non-hydrogen) atoms. The first-order valence-electron chi connectivity index (χ1n) is 12.9. The first kappa shape index (κ1) is 29.1. The summed E-state index contributed by atoms with van der Waals surface area (Å²) < 4.78 is 16.4. The number of carboxylic acids is 2. The van der Waals surface area contributed by atoms with E-state index in [1.54, 1.807) is 12.2 Å². The number of carboxylic acid groups (broad SMARTS) is 2. The molecule has 0 unspecified atom stereocenters. The fourth-order valence-corrected chi connectivity index (χ4v) is 6.30. The lowest BCUT2D eigenvalue weighted by molar-refractivity contribution is -0.192. The summed E-state index contributed by atoms with van der Waals surface area (Å²) in [5, 5.41) is 17.8. The zero-order chi connectivity index (χ0) is 28.1. The van der Waals surface area contributed by atoms with Crippen molar-refractivity contribution in [3.05, 3.63) is 36.0 Å². The molecule has 0 radical (unpaired) electrons. The molecule has 0 aromatic rings. The number of allylic oxidation sites excluding steroid dienone is 2. The third kappa shape index (κ3) is 6.52. The number of ether oxygens (including phenoxy) is 3. The normalized spacial score (nSPS) is 30.8. The summed E-state index contributed by atoms with van der Waals surface area (Å²) in [7, 11) is 0. The van der Waals surface area contributed by atoms with E-state index in [2.05, 4.69) is 13.5 Å². The van der Waals surface area contributed by atoms with E-state index < -0.39 is 35.4 Å². The molecule has 2 fully saturated rings. The molecular formula is C28H36O10. The highest BCUT2D eigenvalue weighted by Crippen LogP contribution is 2.62. The number of carbonyl (C=O) groups is 5. The van der Waals surface area contributed by atoms with E-state index in [4.69, 9.17) is 24.4 Å². The summed E-state index contributed by atoms with van der Waals surface area (Å²) >= 11 is 0. The van der Waals surface area contributed by atoms with Crippen LogP contribution in [0, 0.1) is 22.7 Å². The largest absolute Gasteiger partial charge is 0.481 e. The maximum Gasteiger partial charge on any atom is 0.338 e. The fourth-order valence-electron chi connectivity index (χ4n) is 6.30. The molecule has 0 saturated heterocycles. The van der Waals surface area contributed by atoms with Gasteiger partial charge in [0, 0.05) is 11.3 Å². The maximum absolute atomic E-state index is 12.5. The molecule has 2 N–H and O–H groups in total. The van der Waals surface area contributed by atoms with E-state index in [1.165, 1.54) is 0 Å². The minimum absolute atomic E-state index is 0.0804. The summed E-state index contributed by atoms with van der Waals surface area (Å²) in [6.45, 7) is 8.49. The Balaban J connectivity index is 1.88. The Hall–Kier alpha value is -3.43. The van der Waals surface area contributed by atoms with Crippen LogP contribution in [0.5, 0.6) is 0 Å². The monoisotopic (exact) mass is 532 g/mol. The van der Waals surface area contributed by atoms with Gasteiger partial charge in [-0.2, -0.15) is 0 Å². The van der Waals surface area contributed by atoms with Gasteiger partial charge in [-0.1, -0.05) is 38.2 Å². The van der Waals surface area contributed by atoms with Crippen LogP contribution in [0.25, 0.3) is 0 Å². The molecule has 1 heterocycles. The number of hydrogen-bond donors (Lipinski definition) is 2. The van der Waals surface area contributed by atoms with Gasteiger partial charge in [0.05, 0.1) is 31.3 Å². The molecule has 2 saturated carbocycles. The Morgan fingerprint density at radius 2 is 1.74 bits per heavy atom. The SMILES string of the molecule is C=C1CC[C@H]2[C@](C)(CC[C@@H](OC(=O)CCC(=O)O)[C@@]2(C)COC(=O)CCC(=O)O)[C@@H]1/C=C/C1=CCOC1=O. The number of rotatable bonds is 11. The zero-order valence-electron chi connectivity index (χ0n) is 21.9. The molecule has 0 bridgehead atoms. The van der Waals surface area contributed by atoms with Crippen LogP contribution in [0.1, 0.15) is 65.2 Å². The Morgan fingerprint density at radius 3 is 2.34 bits per heavy atom. The maximum atomic E-state index is 12.5. The predicted molar refractivity (Wildman–Crippen MR) is 134 cm³/mol. The van der Waals surface area contributed by atoms with Gasteiger partial charge in [-0.05, 0) is 43.1 Å². The Labute approximate surface area is 221 Å². The van der Waals surface area contributed by atoms with Gasteiger partial charge in [0.15, 0.2) is 0 Å². The summed E-state index contributed by atoms with van der Waals surface area (Å²) in [6.07, 6.45) is 6.10. The lowest BCUT2D eigenvalue weighted by Gasteiger charge is -2.59. The second-order valence-corrected chi connectivity index (χ2v) is 10.8. The lowest BCUT2D eigenvalue weighted by Crippen LogP contribution is -2.58. The Bertz CT molecular complexity index is 1060. The van der Waals surface area contributed by atoms with Gasteiger partial charge in [0.25, 0.3) is 0 Å². The third-order valence-electron chi connectivity index (χ3n) is 8.30. The third-order valence-corrected chi connectivity index (χ3v) is 8.30. The summed E-state index contributed by atoms with van der Waals surface area (Å²) in [6, 6.07) is 0. The zero-order valence-corrected chi connectivity index (χ0v) is 21.9. The van der Waals surface area contributed by atoms with E-state index in [-0.39, 0.29) is 62.1 Å². The number of cyclic esters (lactones) is 1. The van der Waals surface area contributed by atoms with Crippen molar-refractivity contribution >= 4 is 29.8 Å². The molecule has 2 aliphatic carbocycles. The average Bonchev–Trinajstić information content (AvgIpc) is 3.26. The number of aliphatic carboxylic acids is 2. The highest BCUT2D eigenvalue weighted by Gasteiger charge is 2.59. The standard InChI is InChI=1S/C28H36O10/c1-17-4-7-20-27(2,19(17)6-5-18-13-15-36-26(18)35)14-12-21(38-25(34)11-9-23(31)32)28(20,3)16-37-24(33)10-8-22(29)30/h5-6,13,19-21H,1,4,7-12,14-16H2,2-3H3,(H,29,30)(H,31,32)/b6-5+/t19-,20+,21-,27-,28+/m1/s1. The lowest BCUT2D eigenvalue weighted by atomic mass is 9.46. The number of hydrogen-bond acceptors (Lipinski definition) is 8. The summed E-state index contributed by atoms with van der Waals surface area (Å²) in [5.74, 6) is -4.05. The van der Waals surface area contributed by atoms with Gasteiger partial charge in [-0.25, -0.2) is 4.79 Å². The quantitative estimate of drug-likeness (QED) is 0.229. The molecule has 0 aromatic carbocycles. The second-order valence-electron chi connectivity index (χ2n) is 10.8. The van der Waals surface area contributed by atoms with Crippen LogP contribution in [0.2, 0.25) is 0 Å². The first-order chi connectivity index (χ1) is 17.9. The van der Waals surface area contributed by atoms with Crippen molar-refractivity contribution in [2.45, 2.75) is 71.3 Å². The summed E-state index contributed by atoms with van der Waals surface area (Å²) in [4.78, 5) is 58.6. The van der Waals surface area contributed by atoms with Crippen molar-refractivity contribution in [3.8, 4) is 0 Å². The van der Waals surface area contributed by atoms with Gasteiger partial charge >= 0.3 is 29.8 Å². The van der Waals surface area contributed by atoms with Gasteiger partial charge in [0.1, 0.15) is 19.3 Å². The minimum Gasteiger partial charge on any atom is -0.481 e. The van der Waals surface area contributed by atoms with Crippen molar-refractivity contribution in [3.63, 3.8) is 0 Å². The van der Waals surface area contributed by atoms with Gasteiger partial charge in [-0.3, -0.25) is 19.2 Å². The Morgan fingerprint density at radius 1 is 1.08 bits per heavy atom. The van der Waals surface area contributed by atoms with Crippen LogP contribution in [-0.2, 0) is 38.2 Å². The molecule has 10 heteroatoms. The van der Waals surface area contributed by atoms with Gasteiger partial charge in [0.2, 0.25) is 0 Å². The molecular weight excluding hydrogens is 496 g/mol. The number of carbonyl (C=O) groups excluding carboxylic acids is 3. The van der Waals surface area contributed by atoms with E-state index in [9.17, 15) is 24.0 Å². The molecule has 0 amide bonds. The molecule has 0 spiro atoms. The fraction of sp³-hybridized carbons (Fsp3) is 0.607. The molecule has 10 nitrogen and oxygen atoms in total. The van der Waals surface area contributed by atoms with Crippen LogP contribution in [0.15, 0.2) is 36.0 Å². The van der Waals surface area contributed by atoms with Crippen LogP contribution < -0.4 is 0 Å². The Kier molecular flexibility index (Phi) is 9.17. The van der Waals surface area contributed by atoms with Crippen molar-refractivity contribution in [2.75, 3.05) is 13.2 Å². The second kappa shape index (κ2) is 12.0. The van der Waals surface area contributed by atoms with Crippen LogP contribution in [0.4, 0.5) is 0 Å². The molecule has 3 rings (SSSR count). The van der Waals surface area contributed by atoms with Crippen molar-refractivity contribution < 1.29 is 48.4 Å². The van der Waals surface area contributed by atoms with Crippen LogP contribution >= 0.6 is 0 Å². The topological polar surface area (TPSA) is 154 Å². The van der Waals surface area contributed by atoms with Crippen LogP contribution in [0.3, 0.4) is 0 Å². The minimum atomic E-state index is -1.11. The first-order valence-corrected chi connectivity index (χ1v) is 12.9. The average molecular weight is 533 g/mol. The molecule has 5 atom stereocenters.